The molecule has 35 heavy (non-hydrogen) atoms. The summed E-state index contributed by atoms with van der Waals surface area (Å²) in [5.74, 6) is 1.48. The highest BCUT2D eigenvalue weighted by Gasteiger charge is 2.26. The fourth-order valence-electron chi connectivity index (χ4n) is 4.86. The Kier molecular flexibility index (Phi) is 6.10. The van der Waals surface area contributed by atoms with Crippen molar-refractivity contribution in [1.29, 1.82) is 5.26 Å². The number of benzene rings is 1. The molecule has 178 valence electrons. The maximum Gasteiger partial charge on any atom is 0.215 e. The number of anilines is 1. The van der Waals surface area contributed by atoms with Crippen LogP contribution in [-0.4, -0.2) is 64.6 Å². The van der Waals surface area contributed by atoms with Crippen molar-refractivity contribution >= 4 is 11.6 Å². The minimum atomic E-state index is 0.579. The second-order valence-electron chi connectivity index (χ2n) is 9.18. The number of fused-ring (bicyclic) bond motifs is 1. The monoisotopic (exact) mass is 467 g/mol. The molecule has 0 aliphatic carbocycles. The first-order valence-electron chi connectivity index (χ1n) is 11.8. The number of piperidine rings is 1. The summed E-state index contributed by atoms with van der Waals surface area (Å²) in [6.45, 7) is 3.84. The number of nitrogens with zero attached hydrogens (tertiary/aromatic N) is 7. The van der Waals surface area contributed by atoms with Crippen LogP contribution in [0.15, 0.2) is 48.9 Å². The van der Waals surface area contributed by atoms with E-state index in [4.69, 9.17) is 14.7 Å². The molecule has 1 aromatic carbocycles. The smallest absolute Gasteiger partial charge is 0.215 e. The van der Waals surface area contributed by atoms with Gasteiger partial charge in [0.25, 0.3) is 0 Å². The van der Waals surface area contributed by atoms with Crippen molar-refractivity contribution < 1.29 is 4.74 Å². The van der Waals surface area contributed by atoms with Crippen LogP contribution >= 0.6 is 0 Å². The summed E-state index contributed by atoms with van der Waals surface area (Å²) in [6, 6.07) is 12.4. The molecule has 0 spiro atoms. The molecule has 8 nitrogen and oxygen atoms in total. The quantitative estimate of drug-likeness (QED) is 0.435. The molecule has 1 saturated heterocycles. The minimum Gasteiger partial charge on any atom is -0.481 e. The van der Waals surface area contributed by atoms with Gasteiger partial charge in [-0.25, -0.2) is 15.0 Å². The first kappa shape index (κ1) is 22.8. The van der Waals surface area contributed by atoms with Gasteiger partial charge in [0.1, 0.15) is 5.65 Å². The van der Waals surface area contributed by atoms with E-state index in [1.807, 2.05) is 49.8 Å². The number of imidazole rings is 1. The lowest BCUT2D eigenvalue weighted by atomic mass is 9.99. The van der Waals surface area contributed by atoms with E-state index in [1.165, 1.54) is 0 Å². The number of nitriles is 1. The molecule has 0 unspecified atom stereocenters. The minimum absolute atomic E-state index is 0.579. The lowest BCUT2D eigenvalue weighted by Gasteiger charge is -2.36. The normalized spacial score (nSPS) is 14.5. The van der Waals surface area contributed by atoms with Crippen LogP contribution in [0.3, 0.4) is 0 Å². The van der Waals surface area contributed by atoms with Gasteiger partial charge in [0.15, 0.2) is 0 Å². The summed E-state index contributed by atoms with van der Waals surface area (Å²) in [5, 5.41) is 9.29. The van der Waals surface area contributed by atoms with Gasteiger partial charge in [0.2, 0.25) is 11.8 Å². The predicted molar refractivity (Wildman–Crippen MR) is 137 cm³/mol. The second kappa shape index (κ2) is 9.35. The highest BCUT2D eigenvalue weighted by atomic mass is 16.5. The Bertz CT molecular complexity index is 1390. The van der Waals surface area contributed by atoms with E-state index in [-0.39, 0.29) is 0 Å². The van der Waals surface area contributed by atoms with Crippen molar-refractivity contribution in [2.45, 2.75) is 25.8 Å². The fraction of sp³-hybridized carbons (Fsp3) is 0.333. The number of hydrogen-bond donors (Lipinski definition) is 0. The van der Waals surface area contributed by atoms with E-state index in [0.717, 1.165) is 65.5 Å². The lowest BCUT2D eigenvalue weighted by Crippen LogP contribution is -2.43. The average molecular weight is 468 g/mol. The van der Waals surface area contributed by atoms with Crippen LogP contribution in [0.1, 0.15) is 24.0 Å². The zero-order valence-electron chi connectivity index (χ0n) is 20.6. The first-order chi connectivity index (χ1) is 17.0. The van der Waals surface area contributed by atoms with Crippen molar-refractivity contribution in [3.8, 4) is 34.3 Å². The molecule has 5 rings (SSSR count). The molecule has 1 aliphatic heterocycles. The number of rotatable bonds is 5. The van der Waals surface area contributed by atoms with E-state index in [9.17, 15) is 5.26 Å². The molecule has 4 aromatic rings. The van der Waals surface area contributed by atoms with Crippen molar-refractivity contribution in [1.82, 2.24) is 24.3 Å². The second-order valence-corrected chi connectivity index (χ2v) is 9.18. The highest BCUT2D eigenvalue weighted by molar-refractivity contribution is 5.91. The topological polar surface area (TPSA) is 82.6 Å². The van der Waals surface area contributed by atoms with Crippen molar-refractivity contribution in [3.05, 3.63) is 60.0 Å². The molecule has 3 aromatic heterocycles. The number of aromatic nitrogens is 4. The van der Waals surface area contributed by atoms with Crippen LogP contribution in [0.5, 0.6) is 5.88 Å². The Hall–Kier alpha value is -3.96. The van der Waals surface area contributed by atoms with Gasteiger partial charge in [-0.15, -0.1) is 0 Å². The Morgan fingerprint density at radius 1 is 1.09 bits per heavy atom. The fourth-order valence-corrected chi connectivity index (χ4v) is 4.86. The van der Waals surface area contributed by atoms with Gasteiger partial charge in [0, 0.05) is 54.4 Å². The zero-order valence-corrected chi connectivity index (χ0v) is 20.6. The van der Waals surface area contributed by atoms with Crippen LogP contribution in [0.2, 0.25) is 0 Å². The third-order valence-electron chi connectivity index (χ3n) is 6.81. The molecule has 0 radical (unpaired) electrons. The molecule has 4 heterocycles. The Morgan fingerprint density at radius 2 is 1.83 bits per heavy atom. The van der Waals surface area contributed by atoms with Crippen LogP contribution in [-0.2, 0) is 0 Å². The average Bonchev–Trinajstić information content (AvgIpc) is 3.37. The molecule has 0 saturated carbocycles. The Labute approximate surface area is 205 Å². The van der Waals surface area contributed by atoms with Gasteiger partial charge in [-0.05, 0) is 52.1 Å². The molecule has 0 amide bonds. The maximum absolute atomic E-state index is 9.29. The largest absolute Gasteiger partial charge is 0.481 e. The molecule has 1 aliphatic rings. The SMILES string of the molecule is COc1ncc(-c2c(-c3ccc(C#N)cc3)nc(N3CCC(N(C)C)CC3)n3ccnc23)cc1C. The summed E-state index contributed by atoms with van der Waals surface area (Å²) in [4.78, 5) is 19.2. The van der Waals surface area contributed by atoms with E-state index < -0.39 is 0 Å². The molecule has 1 fully saturated rings. The van der Waals surface area contributed by atoms with E-state index in [0.29, 0.717) is 17.5 Å². The highest BCUT2D eigenvalue weighted by Crippen LogP contribution is 2.37. The van der Waals surface area contributed by atoms with E-state index in [2.05, 4.69) is 45.4 Å². The van der Waals surface area contributed by atoms with E-state index >= 15 is 0 Å². The predicted octanol–water partition coefficient (Wildman–Crippen LogP) is 4.18. The van der Waals surface area contributed by atoms with Gasteiger partial charge in [-0.1, -0.05) is 12.1 Å². The number of aryl methyl sites for hydroxylation is 1. The molecule has 0 atom stereocenters. The summed E-state index contributed by atoms with van der Waals surface area (Å²) in [6.07, 6.45) is 7.78. The lowest BCUT2D eigenvalue weighted by molar-refractivity contribution is 0.249. The summed E-state index contributed by atoms with van der Waals surface area (Å²) in [7, 11) is 5.92. The standard InChI is InChI=1S/C27H29N7O/c1-18-15-21(17-30-26(18)35-4)23-24(20-7-5-19(16-28)6-8-20)31-27(34-14-11-29-25(23)34)33-12-9-22(10-13-33)32(2)3/h5-8,11,14-15,17,22H,9-10,12-13H2,1-4H3. The van der Waals surface area contributed by atoms with E-state index in [1.54, 1.807) is 7.11 Å². The number of ether oxygens (including phenoxy) is 1. The molecule has 0 N–H and O–H groups in total. The van der Waals surface area contributed by atoms with Crippen LogP contribution in [0, 0.1) is 18.3 Å². The van der Waals surface area contributed by atoms with Crippen molar-refractivity contribution in [2.24, 2.45) is 0 Å². The van der Waals surface area contributed by atoms with Gasteiger partial charge < -0.3 is 14.5 Å². The first-order valence-corrected chi connectivity index (χ1v) is 11.8. The van der Waals surface area contributed by atoms with Crippen LogP contribution in [0.4, 0.5) is 5.95 Å². The van der Waals surface area contributed by atoms with Gasteiger partial charge in [-0.2, -0.15) is 5.26 Å². The van der Waals surface area contributed by atoms with Gasteiger partial charge >= 0.3 is 0 Å². The molecule has 8 heteroatoms. The number of hydrogen-bond acceptors (Lipinski definition) is 7. The van der Waals surface area contributed by atoms with Gasteiger partial charge in [-0.3, -0.25) is 4.40 Å². The van der Waals surface area contributed by atoms with Crippen molar-refractivity contribution in [2.75, 3.05) is 39.2 Å². The number of pyridine rings is 1. The van der Waals surface area contributed by atoms with Crippen LogP contribution < -0.4 is 9.64 Å². The maximum atomic E-state index is 9.29. The van der Waals surface area contributed by atoms with Crippen molar-refractivity contribution in [3.63, 3.8) is 0 Å². The summed E-state index contributed by atoms with van der Waals surface area (Å²) >= 11 is 0. The number of methoxy groups -OCH3 is 1. The summed E-state index contributed by atoms with van der Waals surface area (Å²) < 4.78 is 7.47. The Balaban J connectivity index is 1.70. The molecule has 0 bridgehead atoms. The Morgan fingerprint density at radius 3 is 2.46 bits per heavy atom. The third-order valence-corrected chi connectivity index (χ3v) is 6.81. The summed E-state index contributed by atoms with van der Waals surface area (Å²) in [5.41, 5.74) is 5.97. The zero-order chi connectivity index (χ0) is 24.5. The van der Waals surface area contributed by atoms with Crippen LogP contribution in [0.25, 0.3) is 28.0 Å². The van der Waals surface area contributed by atoms with Gasteiger partial charge in [0.05, 0.1) is 30.0 Å². The molecular formula is C27H29N7O. The molecular weight excluding hydrogens is 438 g/mol. The third kappa shape index (κ3) is 4.19.